The molecule has 3 aromatic rings. The molecule has 3 aromatic carbocycles. The first-order chi connectivity index (χ1) is 12.5. The summed E-state index contributed by atoms with van der Waals surface area (Å²) in [7, 11) is 0. The van der Waals surface area contributed by atoms with Crippen molar-refractivity contribution in [3.63, 3.8) is 0 Å². The van der Waals surface area contributed by atoms with Crippen molar-refractivity contribution in [1.82, 2.24) is 0 Å². The van der Waals surface area contributed by atoms with Crippen molar-refractivity contribution in [3.8, 4) is 0 Å². The predicted molar refractivity (Wildman–Crippen MR) is 112 cm³/mol. The third-order valence-electron chi connectivity index (χ3n) is 6.02. The van der Waals surface area contributed by atoms with Crippen molar-refractivity contribution in [1.29, 1.82) is 0 Å². The Kier molecular flexibility index (Phi) is 3.19. The molecule has 0 unspecified atom stereocenters. The first-order valence-electron chi connectivity index (χ1n) is 9.66. The monoisotopic (exact) mass is 342 g/mol. The van der Waals surface area contributed by atoms with Crippen molar-refractivity contribution in [2.24, 2.45) is 5.92 Å². The van der Waals surface area contributed by atoms with Gasteiger partial charge in [0.1, 0.15) is 0 Å². The Balaban J connectivity index is 1.78. The highest BCUT2D eigenvalue weighted by Crippen LogP contribution is 2.55. The molecule has 2 heteroatoms. The minimum Gasteiger partial charge on any atom is -0.352 e. The van der Waals surface area contributed by atoms with Gasteiger partial charge in [-0.25, -0.2) is 0 Å². The van der Waals surface area contributed by atoms with E-state index in [9.17, 15) is 0 Å². The fourth-order valence-corrected chi connectivity index (χ4v) is 4.78. The summed E-state index contributed by atoms with van der Waals surface area (Å²) in [5.74, 6) is 0.649. The van der Waals surface area contributed by atoms with Crippen LogP contribution in [0.3, 0.4) is 0 Å². The second-order valence-corrected chi connectivity index (χ2v) is 8.70. The molecule has 0 aliphatic carbocycles. The smallest absolute Gasteiger partial charge is 0.0953 e. The number of hydrogen-bond acceptors (Lipinski definition) is 2. The summed E-state index contributed by atoms with van der Waals surface area (Å²) < 4.78 is 0. The summed E-state index contributed by atoms with van der Waals surface area (Å²) in [5, 5.41) is 2.66. The van der Waals surface area contributed by atoms with Gasteiger partial charge in [0.25, 0.3) is 0 Å². The number of nitrogens with zero attached hydrogens (tertiary/aromatic N) is 2. The highest BCUT2D eigenvalue weighted by Gasteiger charge is 2.41. The SMILES string of the molecule is CC(C)CN1CN2c3cc4ccccc4cc3C(C)(C)c3cccc1c32. The largest absolute Gasteiger partial charge is 0.352 e. The number of rotatable bonds is 2. The van der Waals surface area contributed by atoms with E-state index in [0.717, 1.165) is 13.2 Å². The normalized spacial score (nSPS) is 17.0. The van der Waals surface area contributed by atoms with Gasteiger partial charge >= 0.3 is 0 Å². The lowest BCUT2D eigenvalue weighted by atomic mass is 9.73. The van der Waals surface area contributed by atoms with Crippen LogP contribution in [0.2, 0.25) is 0 Å². The van der Waals surface area contributed by atoms with Crippen LogP contribution >= 0.6 is 0 Å². The molecule has 2 nitrogen and oxygen atoms in total. The van der Waals surface area contributed by atoms with E-state index in [1.54, 1.807) is 0 Å². The number of para-hydroxylation sites is 1. The van der Waals surface area contributed by atoms with E-state index in [2.05, 4.69) is 92.1 Å². The molecule has 5 rings (SSSR count). The van der Waals surface area contributed by atoms with Gasteiger partial charge in [0.2, 0.25) is 0 Å². The molecule has 26 heavy (non-hydrogen) atoms. The topological polar surface area (TPSA) is 6.48 Å². The molecular formula is C24H26N2. The molecule has 0 aromatic heterocycles. The van der Waals surface area contributed by atoms with Crippen LogP contribution in [-0.2, 0) is 5.41 Å². The van der Waals surface area contributed by atoms with E-state index in [-0.39, 0.29) is 5.41 Å². The molecule has 0 atom stereocenters. The number of fused-ring (bicyclic) bond motifs is 3. The van der Waals surface area contributed by atoms with Gasteiger partial charge in [0, 0.05) is 17.6 Å². The average Bonchev–Trinajstić information content (AvgIpc) is 2.97. The Hall–Kier alpha value is -2.48. The highest BCUT2D eigenvalue weighted by molar-refractivity contribution is 5.96. The lowest BCUT2D eigenvalue weighted by Crippen LogP contribution is -2.35. The number of anilines is 3. The molecule has 0 saturated heterocycles. The molecular weight excluding hydrogens is 316 g/mol. The van der Waals surface area contributed by atoms with Crippen LogP contribution in [0, 0.1) is 5.92 Å². The quantitative estimate of drug-likeness (QED) is 0.559. The molecule has 0 fully saturated rings. The van der Waals surface area contributed by atoms with Gasteiger partial charge in [-0.05, 0) is 46.0 Å². The Morgan fingerprint density at radius 1 is 0.885 bits per heavy atom. The molecule has 2 aliphatic rings. The number of benzene rings is 3. The average molecular weight is 342 g/mol. The van der Waals surface area contributed by atoms with Gasteiger partial charge in [0.05, 0.1) is 18.0 Å². The Morgan fingerprint density at radius 2 is 1.62 bits per heavy atom. The molecule has 132 valence electrons. The fourth-order valence-electron chi connectivity index (χ4n) is 4.78. The summed E-state index contributed by atoms with van der Waals surface area (Å²) in [4.78, 5) is 5.09. The van der Waals surface area contributed by atoms with Gasteiger partial charge < -0.3 is 9.80 Å². The summed E-state index contributed by atoms with van der Waals surface area (Å²) in [6.45, 7) is 11.4. The van der Waals surface area contributed by atoms with E-state index in [1.807, 2.05) is 0 Å². The Morgan fingerprint density at radius 3 is 2.35 bits per heavy atom. The van der Waals surface area contributed by atoms with Crippen molar-refractivity contribution in [2.45, 2.75) is 33.1 Å². The third kappa shape index (κ3) is 2.05. The molecule has 0 saturated carbocycles. The van der Waals surface area contributed by atoms with Gasteiger partial charge in [-0.2, -0.15) is 0 Å². The summed E-state index contributed by atoms with van der Waals surface area (Å²) >= 11 is 0. The van der Waals surface area contributed by atoms with Gasteiger partial charge in [0.15, 0.2) is 0 Å². The van der Waals surface area contributed by atoms with E-state index < -0.39 is 0 Å². The van der Waals surface area contributed by atoms with Crippen molar-refractivity contribution >= 4 is 27.8 Å². The van der Waals surface area contributed by atoms with Crippen LogP contribution in [-0.4, -0.2) is 13.2 Å². The molecule has 0 spiro atoms. The van der Waals surface area contributed by atoms with Crippen LogP contribution in [0.1, 0.15) is 38.8 Å². The molecule has 0 amide bonds. The maximum atomic E-state index is 2.55. The van der Waals surface area contributed by atoms with Gasteiger partial charge in [-0.3, -0.25) is 0 Å². The summed E-state index contributed by atoms with van der Waals surface area (Å²) in [6, 6.07) is 20.4. The lowest BCUT2D eigenvalue weighted by Gasteiger charge is -2.39. The zero-order valence-electron chi connectivity index (χ0n) is 16.1. The molecule has 2 heterocycles. The number of hydrogen-bond donors (Lipinski definition) is 0. The van der Waals surface area contributed by atoms with Gasteiger partial charge in [-0.15, -0.1) is 0 Å². The molecule has 0 radical (unpaired) electrons. The first kappa shape index (κ1) is 15.7. The van der Waals surface area contributed by atoms with Crippen LogP contribution in [0.5, 0.6) is 0 Å². The van der Waals surface area contributed by atoms with Gasteiger partial charge in [-0.1, -0.05) is 64.1 Å². The van der Waals surface area contributed by atoms with Crippen LogP contribution in [0.15, 0.2) is 54.6 Å². The van der Waals surface area contributed by atoms with Crippen LogP contribution in [0.25, 0.3) is 10.8 Å². The van der Waals surface area contributed by atoms with E-state index in [0.29, 0.717) is 5.92 Å². The zero-order chi connectivity index (χ0) is 18.1. The lowest BCUT2D eigenvalue weighted by molar-refractivity contribution is 0.614. The van der Waals surface area contributed by atoms with E-state index in [1.165, 1.54) is 39.0 Å². The Labute approximate surface area is 156 Å². The third-order valence-corrected chi connectivity index (χ3v) is 6.02. The standard InChI is InChI=1S/C24H26N2/c1-16(2)14-25-15-26-22-13-18-9-6-5-8-17(18)12-20(22)24(3,4)19-10-7-11-21(25)23(19)26/h5-13,16H,14-15H2,1-4H3. The minimum absolute atomic E-state index is 0.00898. The van der Waals surface area contributed by atoms with Crippen LogP contribution < -0.4 is 9.80 Å². The second-order valence-electron chi connectivity index (χ2n) is 8.70. The zero-order valence-corrected chi connectivity index (χ0v) is 16.1. The predicted octanol–water partition coefficient (Wildman–Crippen LogP) is 6.05. The molecule has 2 aliphatic heterocycles. The minimum atomic E-state index is 0.00898. The summed E-state index contributed by atoms with van der Waals surface area (Å²) in [5.41, 5.74) is 7.08. The maximum Gasteiger partial charge on any atom is 0.0953 e. The second kappa shape index (κ2) is 5.26. The van der Waals surface area contributed by atoms with E-state index >= 15 is 0 Å². The van der Waals surface area contributed by atoms with Crippen molar-refractivity contribution in [3.05, 3.63) is 65.7 Å². The van der Waals surface area contributed by atoms with Crippen molar-refractivity contribution in [2.75, 3.05) is 23.0 Å². The highest BCUT2D eigenvalue weighted by atomic mass is 15.4. The molecule has 0 bridgehead atoms. The Bertz CT molecular complexity index is 1020. The van der Waals surface area contributed by atoms with Crippen LogP contribution in [0.4, 0.5) is 17.1 Å². The first-order valence-corrected chi connectivity index (χ1v) is 9.66. The van der Waals surface area contributed by atoms with E-state index in [4.69, 9.17) is 0 Å². The maximum absolute atomic E-state index is 2.55. The van der Waals surface area contributed by atoms with Crippen molar-refractivity contribution < 1.29 is 0 Å². The molecule has 0 N–H and O–H groups in total. The summed E-state index contributed by atoms with van der Waals surface area (Å²) in [6.07, 6.45) is 0. The fraction of sp³-hybridized carbons (Fsp3) is 0.333.